The van der Waals surface area contributed by atoms with E-state index in [2.05, 4.69) is 15.3 Å². The quantitative estimate of drug-likeness (QED) is 0.227. The number of ketones is 1. The summed E-state index contributed by atoms with van der Waals surface area (Å²) in [5.74, 6) is -0.0753. The first-order valence-electron chi connectivity index (χ1n) is 9.57. The van der Waals surface area contributed by atoms with Gasteiger partial charge in [-0.2, -0.15) is 0 Å². The molecule has 0 atom stereocenters. The molecule has 4 rings (SSSR count). The number of para-hydroxylation sites is 1. The zero-order chi connectivity index (χ0) is 22.0. The number of aryl methyl sites for hydroxylation is 1. The van der Waals surface area contributed by atoms with E-state index in [1.165, 1.54) is 18.0 Å². The minimum atomic E-state index is -0.546. The molecule has 156 valence electrons. The molecule has 2 aromatic carbocycles. The first kappa shape index (κ1) is 21.1. The molecule has 2 heterocycles. The number of thioether (sulfide) groups is 1. The van der Waals surface area contributed by atoms with Crippen LogP contribution in [0.5, 0.6) is 0 Å². The van der Waals surface area contributed by atoms with E-state index < -0.39 is 5.91 Å². The number of nitrogens with zero attached hydrogens (tertiary/aromatic N) is 2. The molecule has 0 aliphatic carbocycles. The normalized spacial score (nSPS) is 10.9. The molecule has 1 amide bonds. The smallest absolute Gasteiger partial charge is 0.276 e. The standard InChI is InChI=1S/C23H18ClN3O3S/c1-3-31-23-25-12-16(24)19(27-23)22(29)26-18-15-6-4-5-7-17(15)30-21(18)20(28)14-10-8-13(2)9-11-14/h4-12H,3H2,1-2H3,(H,26,29). The number of rotatable bonds is 6. The van der Waals surface area contributed by atoms with E-state index in [-0.39, 0.29) is 27.9 Å². The summed E-state index contributed by atoms with van der Waals surface area (Å²) in [6, 6.07) is 14.3. The van der Waals surface area contributed by atoms with Crippen molar-refractivity contribution in [2.75, 3.05) is 11.1 Å². The Bertz CT molecular complexity index is 1290. The second-order valence-electron chi connectivity index (χ2n) is 6.73. The number of benzene rings is 2. The highest BCUT2D eigenvalue weighted by Crippen LogP contribution is 2.33. The van der Waals surface area contributed by atoms with Crippen LogP contribution in [0.25, 0.3) is 11.0 Å². The van der Waals surface area contributed by atoms with Gasteiger partial charge in [0.15, 0.2) is 16.6 Å². The van der Waals surface area contributed by atoms with Crippen molar-refractivity contribution in [3.8, 4) is 0 Å². The van der Waals surface area contributed by atoms with Crippen LogP contribution in [-0.4, -0.2) is 27.4 Å². The third-order valence-corrected chi connectivity index (χ3v) is 5.58. The molecular weight excluding hydrogens is 434 g/mol. The molecule has 6 nitrogen and oxygen atoms in total. The Labute approximate surface area is 188 Å². The van der Waals surface area contributed by atoms with Crippen molar-refractivity contribution in [1.82, 2.24) is 9.97 Å². The van der Waals surface area contributed by atoms with Crippen LogP contribution in [0, 0.1) is 6.92 Å². The number of nitrogens with one attached hydrogen (secondary N) is 1. The largest absolute Gasteiger partial charge is 0.450 e. The summed E-state index contributed by atoms with van der Waals surface area (Å²) in [6.07, 6.45) is 1.40. The van der Waals surface area contributed by atoms with E-state index in [1.54, 1.807) is 36.4 Å². The van der Waals surface area contributed by atoms with Gasteiger partial charge in [0.25, 0.3) is 5.91 Å². The maximum atomic E-state index is 13.2. The zero-order valence-corrected chi connectivity index (χ0v) is 18.4. The lowest BCUT2D eigenvalue weighted by molar-refractivity contribution is 0.101. The Morgan fingerprint density at radius 3 is 2.61 bits per heavy atom. The molecule has 0 saturated heterocycles. The van der Waals surface area contributed by atoms with E-state index in [4.69, 9.17) is 16.0 Å². The van der Waals surface area contributed by atoms with E-state index in [0.717, 1.165) is 11.3 Å². The van der Waals surface area contributed by atoms with Crippen molar-refractivity contribution in [3.05, 3.63) is 82.3 Å². The Hall–Kier alpha value is -3.16. The minimum absolute atomic E-state index is 0.0339. The Kier molecular flexibility index (Phi) is 6.06. The molecule has 0 radical (unpaired) electrons. The summed E-state index contributed by atoms with van der Waals surface area (Å²) < 4.78 is 5.84. The molecule has 0 fully saturated rings. The van der Waals surface area contributed by atoms with Gasteiger partial charge in [-0.1, -0.05) is 72.2 Å². The third-order valence-electron chi connectivity index (χ3n) is 4.56. The predicted octanol–water partition coefficient (Wildman–Crippen LogP) is 5.78. The second kappa shape index (κ2) is 8.91. The number of carbonyl (C=O) groups excluding carboxylic acids is 2. The van der Waals surface area contributed by atoms with Crippen molar-refractivity contribution >= 4 is 51.7 Å². The summed E-state index contributed by atoms with van der Waals surface area (Å²) in [5.41, 5.74) is 2.30. The van der Waals surface area contributed by atoms with Crippen molar-refractivity contribution < 1.29 is 14.0 Å². The summed E-state index contributed by atoms with van der Waals surface area (Å²) in [4.78, 5) is 34.6. The topological polar surface area (TPSA) is 85.1 Å². The fourth-order valence-corrected chi connectivity index (χ4v) is 3.77. The fourth-order valence-electron chi connectivity index (χ4n) is 3.05. The van der Waals surface area contributed by atoms with Crippen LogP contribution in [0.1, 0.15) is 39.1 Å². The highest BCUT2D eigenvalue weighted by Gasteiger charge is 2.25. The van der Waals surface area contributed by atoms with Gasteiger partial charge in [-0.05, 0) is 24.8 Å². The van der Waals surface area contributed by atoms with E-state index in [1.807, 2.05) is 26.0 Å². The number of hydrogen-bond donors (Lipinski definition) is 1. The number of aromatic nitrogens is 2. The Morgan fingerprint density at radius 1 is 1.13 bits per heavy atom. The summed E-state index contributed by atoms with van der Waals surface area (Å²) >= 11 is 7.58. The molecule has 0 spiro atoms. The number of carbonyl (C=O) groups is 2. The molecule has 1 N–H and O–H groups in total. The first-order valence-corrected chi connectivity index (χ1v) is 10.9. The molecule has 0 unspecified atom stereocenters. The van der Waals surface area contributed by atoms with E-state index >= 15 is 0 Å². The van der Waals surface area contributed by atoms with Gasteiger partial charge >= 0.3 is 0 Å². The van der Waals surface area contributed by atoms with Crippen molar-refractivity contribution in [2.24, 2.45) is 0 Å². The number of fused-ring (bicyclic) bond motifs is 1. The van der Waals surface area contributed by atoms with Crippen LogP contribution in [0.3, 0.4) is 0 Å². The molecule has 31 heavy (non-hydrogen) atoms. The van der Waals surface area contributed by atoms with Gasteiger partial charge in [0.05, 0.1) is 16.9 Å². The molecule has 0 saturated carbocycles. The maximum Gasteiger partial charge on any atom is 0.276 e. The maximum absolute atomic E-state index is 13.2. The molecule has 0 aliphatic rings. The van der Waals surface area contributed by atoms with E-state index in [0.29, 0.717) is 21.7 Å². The van der Waals surface area contributed by atoms with Gasteiger partial charge in [-0.3, -0.25) is 9.59 Å². The van der Waals surface area contributed by atoms with Gasteiger partial charge < -0.3 is 9.73 Å². The molecular formula is C23H18ClN3O3S. The van der Waals surface area contributed by atoms with Gasteiger partial charge in [-0.25, -0.2) is 9.97 Å². The molecule has 8 heteroatoms. The van der Waals surface area contributed by atoms with Crippen LogP contribution in [0.2, 0.25) is 5.02 Å². The first-order chi connectivity index (χ1) is 15.0. The lowest BCUT2D eigenvalue weighted by atomic mass is 10.1. The zero-order valence-electron chi connectivity index (χ0n) is 16.8. The number of furan rings is 1. The van der Waals surface area contributed by atoms with Gasteiger partial charge in [0, 0.05) is 10.9 Å². The van der Waals surface area contributed by atoms with Crippen molar-refractivity contribution in [2.45, 2.75) is 19.0 Å². The van der Waals surface area contributed by atoms with Crippen LogP contribution < -0.4 is 5.32 Å². The third kappa shape index (κ3) is 4.33. The van der Waals surface area contributed by atoms with Crippen molar-refractivity contribution in [1.29, 1.82) is 0 Å². The SMILES string of the molecule is CCSc1ncc(Cl)c(C(=O)Nc2c(C(=O)c3ccc(C)cc3)oc3ccccc23)n1. The lowest BCUT2D eigenvalue weighted by Gasteiger charge is -2.08. The predicted molar refractivity (Wildman–Crippen MR) is 122 cm³/mol. The van der Waals surface area contributed by atoms with E-state index in [9.17, 15) is 9.59 Å². The average Bonchev–Trinajstić information content (AvgIpc) is 3.13. The van der Waals surface area contributed by atoms with Crippen molar-refractivity contribution in [3.63, 3.8) is 0 Å². The fraction of sp³-hybridized carbons (Fsp3) is 0.130. The molecule has 0 bridgehead atoms. The van der Waals surface area contributed by atoms with Gasteiger partial charge in [0.1, 0.15) is 5.58 Å². The highest BCUT2D eigenvalue weighted by molar-refractivity contribution is 7.99. The Balaban J connectivity index is 1.76. The molecule has 2 aromatic heterocycles. The Morgan fingerprint density at radius 2 is 1.87 bits per heavy atom. The number of halogens is 1. The van der Waals surface area contributed by atoms with Crippen LogP contribution in [0.4, 0.5) is 5.69 Å². The average molecular weight is 452 g/mol. The lowest BCUT2D eigenvalue weighted by Crippen LogP contribution is -2.17. The summed E-state index contributed by atoms with van der Waals surface area (Å²) in [6.45, 7) is 3.90. The van der Waals surface area contributed by atoms with Crippen LogP contribution in [-0.2, 0) is 0 Å². The highest BCUT2D eigenvalue weighted by atomic mass is 35.5. The number of hydrogen-bond acceptors (Lipinski definition) is 6. The second-order valence-corrected chi connectivity index (χ2v) is 8.37. The minimum Gasteiger partial charge on any atom is -0.450 e. The van der Waals surface area contributed by atoms with Gasteiger partial charge in [-0.15, -0.1) is 0 Å². The van der Waals surface area contributed by atoms with Crippen LogP contribution >= 0.6 is 23.4 Å². The summed E-state index contributed by atoms with van der Waals surface area (Å²) in [7, 11) is 0. The molecule has 0 aliphatic heterocycles. The summed E-state index contributed by atoms with van der Waals surface area (Å²) in [5, 5.41) is 3.97. The monoisotopic (exact) mass is 451 g/mol. The number of anilines is 1. The molecule has 4 aromatic rings. The number of amides is 1. The van der Waals surface area contributed by atoms with Gasteiger partial charge in [0.2, 0.25) is 5.78 Å². The van der Waals surface area contributed by atoms with Crippen LogP contribution in [0.15, 0.2) is 64.3 Å².